The SMILES string of the molecule is Cc1[nH]ncc1C(=O)NC1(CO)CCOCC1. The summed E-state index contributed by atoms with van der Waals surface area (Å²) >= 11 is 0. The van der Waals surface area contributed by atoms with Crippen LogP contribution in [0.2, 0.25) is 0 Å². The minimum atomic E-state index is -0.557. The summed E-state index contributed by atoms with van der Waals surface area (Å²) in [6.45, 7) is 2.84. The summed E-state index contributed by atoms with van der Waals surface area (Å²) < 4.78 is 5.24. The van der Waals surface area contributed by atoms with E-state index >= 15 is 0 Å². The Labute approximate surface area is 99.4 Å². The van der Waals surface area contributed by atoms with Crippen molar-refractivity contribution < 1.29 is 14.6 Å². The van der Waals surface area contributed by atoms with Crippen molar-refractivity contribution in [1.82, 2.24) is 15.5 Å². The Morgan fingerprint density at radius 3 is 2.88 bits per heavy atom. The number of aromatic amines is 1. The molecule has 94 valence electrons. The molecule has 1 aromatic heterocycles. The first-order valence-electron chi connectivity index (χ1n) is 5.68. The Kier molecular flexibility index (Phi) is 3.44. The van der Waals surface area contributed by atoms with Crippen LogP contribution in [0.3, 0.4) is 0 Å². The van der Waals surface area contributed by atoms with E-state index in [-0.39, 0.29) is 12.5 Å². The molecule has 0 unspecified atom stereocenters. The Morgan fingerprint density at radius 1 is 1.65 bits per heavy atom. The predicted molar refractivity (Wildman–Crippen MR) is 60.7 cm³/mol. The van der Waals surface area contributed by atoms with Crippen molar-refractivity contribution in [3.8, 4) is 0 Å². The van der Waals surface area contributed by atoms with Gasteiger partial charge in [0.05, 0.1) is 23.9 Å². The summed E-state index contributed by atoms with van der Waals surface area (Å²) in [6, 6.07) is 0. The fourth-order valence-electron chi connectivity index (χ4n) is 1.97. The predicted octanol–water partition coefficient (Wildman–Crippen LogP) is -0.0106. The summed E-state index contributed by atoms with van der Waals surface area (Å²) in [5.74, 6) is -0.202. The summed E-state index contributed by atoms with van der Waals surface area (Å²) in [5, 5.41) is 18.9. The first-order valence-corrected chi connectivity index (χ1v) is 5.68. The Bertz CT molecular complexity index is 396. The van der Waals surface area contributed by atoms with E-state index in [4.69, 9.17) is 4.74 Å². The van der Waals surface area contributed by atoms with Crippen LogP contribution < -0.4 is 5.32 Å². The number of aliphatic hydroxyl groups excluding tert-OH is 1. The number of nitrogens with one attached hydrogen (secondary N) is 2. The quantitative estimate of drug-likeness (QED) is 0.692. The van der Waals surface area contributed by atoms with E-state index in [0.29, 0.717) is 31.6 Å². The molecule has 1 amide bonds. The maximum Gasteiger partial charge on any atom is 0.255 e. The second-order valence-corrected chi connectivity index (χ2v) is 4.41. The number of aromatic nitrogens is 2. The highest BCUT2D eigenvalue weighted by atomic mass is 16.5. The molecule has 3 N–H and O–H groups in total. The molecule has 2 heterocycles. The van der Waals surface area contributed by atoms with Gasteiger partial charge in [-0.1, -0.05) is 0 Å². The standard InChI is InChI=1S/C11H17N3O3/c1-8-9(6-12-14-8)10(16)13-11(7-15)2-4-17-5-3-11/h6,15H,2-5,7H2,1H3,(H,12,14)(H,13,16). The number of nitrogens with zero attached hydrogens (tertiary/aromatic N) is 1. The fraction of sp³-hybridized carbons (Fsp3) is 0.636. The van der Waals surface area contributed by atoms with Gasteiger partial charge in [-0.15, -0.1) is 0 Å². The van der Waals surface area contributed by atoms with E-state index in [1.807, 2.05) is 0 Å². The van der Waals surface area contributed by atoms with Crippen molar-refractivity contribution in [3.63, 3.8) is 0 Å². The van der Waals surface area contributed by atoms with Crippen molar-refractivity contribution >= 4 is 5.91 Å². The van der Waals surface area contributed by atoms with Crippen LogP contribution in [0.4, 0.5) is 0 Å². The first kappa shape index (κ1) is 12.1. The zero-order chi connectivity index (χ0) is 12.3. The Balaban J connectivity index is 2.08. The van der Waals surface area contributed by atoms with Crippen molar-refractivity contribution in [3.05, 3.63) is 17.5 Å². The number of hydrogen-bond donors (Lipinski definition) is 3. The molecule has 0 aromatic carbocycles. The molecule has 0 bridgehead atoms. The van der Waals surface area contributed by atoms with E-state index in [2.05, 4.69) is 15.5 Å². The topological polar surface area (TPSA) is 87.2 Å². The number of carbonyl (C=O) groups excluding carboxylic acids is 1. The molecule has 0 atom stereocenters. The normalized spacial score (nSPS) is 18.9. The number of ether oxygens (including phenoxy) is 1. The van der Waals surface area contributed by atoms with E-state index < -0.39 is 5.54 Å². The summed E-state index contributed by atoms with van der Waals surface area (Å²) in [7, 11) is 0. The van der Waals surface area contributed by atoms with Crippen molar-refractivity contribution in [2.24, 2.45) is 0 Å². The third-order valence-electron chi connectivity index (χ3n) is 3.21. The van der Waals surface area contributed by atoms with E-state index in [1.165, 1.54) is 6.20 Å². The third kappa shape index (κ3) is 2.48. The minimum absolute atomic E-state index is 0.0704. The minimum Gasteiger partial charge on any atom is -0.394 e. The number of hydrogen-bond acceptors (Lipinski definition) is 4. The highest BCUT2D eigenvalue weighted by molar-refractivity contribution is 5.95. The number of aliphatic hydroxyl groups is 1. The molecule has 6 heteroatoms. The van der Waals surface area contributed by atoms with Crippen LogP contribution in [-0.2, 0) is 4.74 Å². The zero-order valence-electron chi connectivity index (χ0n) is 9.82. The van der Waals surface area contributed by atoms with Crippen LogP contribution >= 0.6 is 0 Å². The molecule has 0 spiro atoms. The van der Waals surface area contributed by atoms with Gasteiger partial charge in [0, 0.05) is 18.9 Å². The second-order valence-electron chi connectivity index (χ2n) is 4.41. The maximum absolute atomic E-state index is 12.0. The van der Waals surface area contributed by atoms with Crippen molar-refractivity contribution in [1.29, 1.82) is 0 Å². The van der Waals surface area contributed by atoms with Gasteiger partial charge in [0.1, 0.15) is 0 Å². The number of aryl methyl sites for hydroxylation is 1. The average molecular weight is 239 g/mol. The molecule has 1 aliphatic rings. The highest BCUT2D eigenvalue weighted by Gasteiger charge is 2.34. The smallest absolute Gasteiger partial charge is 0.255 e. The molecule has 6 nitrogen and oxygen atoms in total. The molecule has 0 radical (unpaired) electrons. The molecule has 2 rings (SSSR count). The molecule has 0 aliphatic carbocycles. The van der Waals surface area contributed by atoms with Crippen LogP contribution in [0.25, 0.3) is 0 Å². The molecular formula is C11H17N3O3. The number of amides is 1. The lowest BCUT2D eigenvalue weighted by atomic mass is 9.90. The third-order valence-corrected chi connectivity index (χ3v) is 3.21. The first-order chi connectivity index (χ1) is 8.17. The number of H-pyrrole nitrogens is 1. The largest absolute Gasteiger partial charge is 0.394 e. The van der Waals surface area contributed by atoms with Gasteiger partial charge in [-0.25, -0.2) is 0 Å². The lowest BCUT2D eigenvalue weighted by Crippen LogP contribution is -2.54. The summed E-state index contributed by atoms with van der Waals surface area (Å²) in [6.07, 6.45) is 2.76. The van der Waals surface area contributed by atoms with Gasteiger partial charge in [-0.3, -0.25) is 9.89 Å². The zero-order valence-corrected chi connectivity index (χ0v) is 9.82. The molecular weight excluding hydrogens is 222 g/mol. The molecule has 0 saturated carbocycles. The van der Waals surface area contributed by atoms with E-state index in [9.17, 15) is 9.90 Å². The van der Waals surface area contributed by atoms with Crippen molar-refractivity contribution in [2.75, 3.05) is 19.8 Å². The summed E-state index contributed by atoms with van der Waals surface area (Å²) in [5.41, 5.74) is 0.686. The van der Waals surface area contributed by atoms with Gasteiger partial charge < -0.3 is 15.2 Å². The Morgan fingerprint density at radius 2 is 2.35 bits per heavy atom. The van der Waals surface area contributed by atoms with Gasteiger partial charge in [0.15, 0.2) is 0 Å². The number of rotatable bonds is 3. The average Bonchev–Trinajstić information content (AvgIpc) is 2.77. The van der Waals surface area contributed by atoms with Gasteiger partial charge in [-0.05, 0) is 19.8 Å². The van der Waals surface area contributed by atoms with Crippen molar-refractivity contribution in [2.45, 2.75) is 25.3 Å². The van der Waals surface area contributed by atoms with Crippen LogP contribution in [0.5, 0.6) is 0 Å². The number of carbonyl (C=O) groups is 1. The lowest BCUT2D eigenvalue weighted by molar-refractivity contribution is 0.0125. The van der Waals surface area contributed by atoms with Gasteiger partial charge in [0.25, 0.3) is 5.91 Å². The van der Waals surface area contributed by atoms with E-state index in [1.54, 1.807) is 6.92 Å². The molecule has 1 saturated heterocycles. The van der Waals surface area contributed by atoms with Crippen LogP contribution in [-0.4, -0.2) is 46.6 Å². The molecule has 1 aliphatic heterocycles. The lowest BCUT2D eigenvalue weighted by Gasteiger charge is -2.36. The fourth-order valence-corrected chi connectivity index (χ4v) is 1.97. The molecule has 1 fully saturated rings. The Hall–Kier alpha value is -1.40. The summed E-state index contributed by atoms with van der Waals surface area (Å²) in [4.78, 5) is 12.0. The van der Waals surface area contributed by atoms with E-state index in [0.717, 1.165) is 5.69 Å². The monoisotopic (exact) mass is 239 g/mol. The van der Waals surface area contributed by atoms with Crippen LogP contribution in [0, 0.1) is 6.92 Å². The maximum atomic E-state index is 12.0. The molecule has 17 heavy (non-hydrogen) atoms. The molecule has 1 aromatic rings. The van der Waals surface area contributed by atoms with Crippen LogP contribution in [0.1, 0.15) is 28.9 Å². The van der Waals surface area contributed by atoms with Gasteiger partial charge >= 0.3 is 0 Å². The highest BCUT2D eigenvalue weighted by Crippen LogP contribution is 2.20. The van der Waals surface area contributed by atoms with Crippen LogP contribution in [0.15, 0.2) is 6.20 Å². The van der Waals surface area contributed by atoms with Gasteiger partial charge in [0.2, 0.25) is 0 Å². The second kappa shape index (κ2) is 4.85. The van der Waals surface area contributed by atoms with Gasteiger partial charge in [-0.2, -0.15) is 5.10 Å².